The Bertz CT molecular complexity index is 437. The van der Waals surface area contributed by atoms with Crippen LogP contribution in [0.5, 0.6) is 0 Å². The van der Waals surface area contributed by atoms with Gasteiger partial charge in [0.2, 0.25) is 0 Å². The van der Waals surface area contributed by atoms with Crippen molar-refractivity contribution in [3.05, 3.63) is 48.0 Å². The quantitative estimate of drug-likeness (QED) is 0.555. The van der Waals surface area contributed by atoms with Gasteiger partial charge in [0.1, 0.15) is 12.4 Å². The molecule has 0 saturated heterocycles. The van der Waals surface area contributed by atoms with E-state index >= 15 is 0 Å². The lowest BCUT2D eigenvalue weighted by Crippen LogP contribution is -2.01. The number of allylic oxidation sites excluding steroid dienone is 1. The van der Waals surface area contributed by atoms with Gasteiger partial charge in [0, 0.05) is 25.5 Å². The standard InChI is InChI=1S/C16H20O4/c17-12-6-10-15(18)9-4-5-11-16(19)20-13-14-7-2-1-3-8-14/h1-3,5,7-8,11,17H,4,6,9-10,12-13H2/b11-5+. The summed E-state index contributed by atoms with van der Waals surface area (Å²) in [5.41, 5.74) is 0.938. The molecule has 1 rings (SSSR count). The number of rotatable bonds is 9. The summed E-state index contributed by atoms with van der Waals surface area (Å²) >= 11 is 0. The van der Waals surface area contributed by atoms with Gasteiger partial charge < -0.3 is 9.84 Å². The van der Waals surface area contributed by atoms with Crippen LogP contribution in [0, 0.1) is 0 Å². The van der Waals surface area contributed by atoms with Gasteiger partial charge in [-0.15, -0.1) is 0 Å². The zero-order valence-corrected chi connectivity index (χ0v) is 11.5. The summed E-state index contributed by atoms with van der Waals surface area (Å²) in [6.07, 6.45) is 4.80. The number of ketones is 1. The topological polar surface area (TPSA) is 63.6 Å². The van der Waals surface area contributed by atoms with Crippen molar-refractivity contribution < 1.29 is 19.4 Å². The lowest BCUT2D eigenvalue weighted by molar-refractivity contribution is -0.139. The van der Waals surface area contributed by atoms with Gasteiger partial charge in [0.05, 0.1) is 0 Å². The van der Waals surface area contributed by atoms with Crippen LogP contribution < -0.4 is 0 Å². The van der Waals surface area contributed by atoms with E-state index < -0.39 is 5.97 Å². The van der Waals surface area contributed by atoms with E-state index in [-0.39, 0.29) is 19.0 Å². The number of hydrogen-bond acceptors (Lipinski definition) is 4. The van der Waals surface area contributed by atoms with Crippen LogP contribution in [0.1, 0.15) is 31.2 Å². The number of esters is 1. The van der Waals surface area contributed by atoms with Crippen molar-refractivity contribution in [3.8, 4) is 0 Å². The number of hydrogen-bond donors (Lipinski definition) is 1. The second-order valence-corrected chi connectivity index (χ2v) is 4.40. The van der Waals surface area contributed by atoms with Crippen molar-refractivity contribution in [2.75, 3.05) is 6.61 Å². The maximum atomic E-state index is 11.4. The summed E-state index contributed by atoms with van der Waals surface area (Å²) in [6.45, 7) is 0.285. The minimum absolute atomic E-state index is 0.0351. The van der Waals surface area contributed by atoms with Crippen molar-refractivity contribution in [2.24, 2.45) is 0 Å². The third-order valence-electron chi connectivity index (χ3n) is 2.68. The molecule has 0 aliphatic heterocycles. The molecule has 0 amide bonds. The molecule has 0 aromatic heterocycles. The molecule has 0 bridgehead atoms. The highest BCUT2D eigenvalue weighted by Crippen LogP contribution is 2.02. The Balaban J connectivity index is 2.15. The lowest BCUT2D eigenvalue weighted by Gasteiger charge is -2.01. The smallest absolute Gasteiger partial charge is 0.330 e. The summed E-state index contributed by atoms with van der Waals surface area (Å²) in [5.74, 6) is -0.307. The average Bonchev–Trinajstić information content (AvgIpc) is 2.48. The fourth-order valence-corrected chi connectivity index (χ4v) is 1.60. The monoisotopic (exact) mass is 276 g/mol. The minimum Gasteiger partial charge on any atom is -0.458 e. The van der Waals surface area contributed by atoms with E-state index in [1.165, 1.54) is 6.08 Å². The number of aliphatic hydroxyl groups is 1. The molecule has 0 aliphatic rings. The molecule has 0 heterocycles. The predicted octanol–water partition coefficient (Wildman–Crippen LogP) is 2.41. The molecule has 4 heteroatoms. The number of aliphatic hydroxyl groups excluding tert-OH is 1. The molecule has 0 unspecified atom stereocenters. The Morgan fingerprint density at radius 2 is 1.90 bits per heavy atom. The van der Waals surface area contributed by atoms with Crippen LogP contribution >= 0.6 is 0 Å². The predicted molar refractivity (Wildman–Crippen MR) is 75.9 cm³/mol. The third-order valence-corrected chi connectivity index (χ3v) is 2.68. The van der Waals surface area contributed by atoms with Gasteiger partial charge in [-0.05, 0) is 18.4 Å². The van der Waals surface area contributed by atoms with Crippen LogP contribution in [0.25, 0.3) is 0 Å². The van der Waals surface area contributed by atoms with E-state index in [4.69, 9.17) is 9.84 Å². The Kier molecular flexibility index (Phi) is 7.99. The largest absolute Gasteiger partial charge is 0.458 e. The molecule has 0 saturated carbocycles. The van der Waals surface area contributed by atoms with Gasteiger partial charge in [0.25, 0.3) is 0 Å². The van der Waals surface area contributed by atoms with E-state index in [0.717, 1.165) is 5.56 Å². The fraction of sp³-hybridized carbons (Fsp3) is 0.375. The van der Waals surface area contributed by atoms with Gasteiger partial charge >= 0.3 is 5.97 Å². The number of benzene rings is 1. The Labute approximate surface area is 119 Å². The summed E-state index contributed by atoms with van der Waals surface area (Å²) in [6, 6.07) is 9.45. The number of carbonyl (C=O) groups is 2. The maximum Gasteiger partial charge on any atom is 0.330 e. The van der Waals surface area contributed by atoms with Crippen LogP contribution in [0.3, 0.4) is 0 Å². The molecule has 20 heavy (non-hydrogen) atoms. The average molecular weight is 276 g/mol. The number of Topliss-reactive ketones (excluding diaryl/α,β-unsaturated/α-hetero) is 1. The molecule has 0 spiro atoms. The van der Waals surface area contributed by atoms with Crippen LogP contribution in [-0.2, 0) is 20.9 Å². The van der Waals surface area contributed by atoms with Gasteiger partial charge in [-0.3, -0.25) is 4.79 Å². The minimum atomic E-state index is -0.406. The molecule has 1 aromatic rings. The van der Waals surface area contributed by atoms with Gasteiger partial charge in [-0.2, -0.15) is 0 Å². The van der Waals surface area contributed by atoms with Crippen molar-refractivity contribution in [2.45, 2.75) is 32.3 Å². The highest BCUT2D eigenvalue weighted by Gasteiger charge is 2.01. The summed E-state index contributed by atoms with van der Waals surface area (Å²) < 4.78 is 5.06. The highest BCUT2D eigenvalue weighted by atomic mass is 16.5. The Morgan fingerprint density at radius 3 is 2.60 bits per heavy atom. The first-order valence-electron chi connectivity index (χ1n) is 6.72. The van der Waals surface area contributed by atoms with E-state index in [1.807, 2.05) is 30.3 Å². The van der Waals surface area contributed by atoms with Crippen LogP contribution in [-0.4, -0.2) is 23.5 Å². The van der Waals surface area contributed by atoms with E-state index in [9.17, 15) is 9.59 Å². The van der Waals surface area contributed by atoms with Crippen molar-refractivity contribution in [1.29, 1.82) is 0 Å². The first-order chi connectivity index (χ1) is 9.72. The van der Waals surface area contributed by atoms with Gasteiger partial charge in [-0.1, -0.05) is 36.4 Å². The molecule has 1 N–H and O–H groups in total. The third kappa shape index (κ3) is 7.48. The molecule has 0 aliphatic carbocycles. The van der Waals surface area contributed by atoms with E-state index in [1.54, 1.807) is 6.08 Å². The molecule has 0 fully saturated rings. The van der Waals surface area contributed by atoms with Gasteiger partial charge in [0.15, 0.2) is 0 Å². The zero-order chi connectivity index (χ0) is 14.6. The van der Waals surface area contributed by atoms with Crippen molar-refractivity contribution in [3.63, 3.8) is 0 Å². The number of carbonyl (C=O) groups excluding carboxylic acids is 2. The summed E-state index contributed by atoms with van der Waals surface area (Å²) in [7, 11) is 0. The SMILES string of the molecule is O=C(CC/C=C/C(=O)OCc1ccccc1)CCCO. The normalized spacial score (nSPS) is 10.7. The van der Waals surface area contributed by atoms with Crippen LogP contribution in [0.2, 0.25) is 0 Å². The second kappa shape index (κ2) is 9.92. The van der Waals surface area contributed by atoms with Crippen molar-refractivity contribution >= 4 is 11.8 Å². The molecule has 4 nitrogen and oxygen atoms in total. The van der Waals surface area contributed by atoms with E-state index in [0.29, 0.717) is 25.7 Å². The lowest BCUT2D eigenvalue weighted by atomic mass is 10.1. The first kappa shape index (κ1) is 16.1. The molecule has 108 valence electrons. The fourth-order valence-electron chi connectivity index (χ4n) is 1.60. The van der Waals surface area contributed by atoms with Gasteiger partial charge in [-0.25, -0.2) is 4.79 Å². The zero-order valence-electron chi connectivity index (χ0n) is 11.5. The summed E-state index contributed by atoms with van der Waals surface area (Å²) in [5, 5.41) is 8.59. The number of ether oxygens (including phenoxy) is 1. The molecule has 1 aromatic carbocycles. The molecule has 0 atom stereocenters. The maximum absolute atomic E-state index is 11.4. The summed E-state index contributed by atoms with van der Waals surface area (Å²) in [4.78, 5) is 22.7. The molecule has 0 radical (unpaired) electrons. The molecular weight excluding hydrogens is 256 g/mol. The second-order valence-electron chi connectivity index (χ2n) is 4.40. The first-order valence-corrected chi connectivity index (χ1v) is 6.72. The van der Waals surface area contributed by atoms with Crippen LogP contribution in [0.4, 0.5) is 0 Å². The van der Waals surface area contributed by atoms with E-state index in [2.05, 4.69) is 0 Å². The Morgan fingerprint density at radius 1 is 1.15 bits per heavy atom. The van der Waals surface area contributed by atoms with Crippen molar-refractivity contribution in [1.82, 2.24) is 0 Å². The highest BCUT2D eigenvalue weighted by molar-refractivity contribution is 5.82. The molecular formula is C16H20O4. The Hall–Kier alpha value is -1.94. The van der Waals surface area contributed by atoms with Crippen LogP contribution in [0.15, 0.2) is 42.5 Å².